The van der Waals surface area contributed by atoms with Gasteiger partial charge in [-0.1, -0.05) is 18.2 Å². The third kappa shape index (κ3) is 3.87. The number of methoxy groups -OCH3 is 2. The van der Waals surface area contributed by atoms with Crippen molar-refractivity contribution >= 4 is 23.1 Å². The molecule has 0 saturated carbocycles. The van der Waals surface area contributed by atoms with Crippen LogP contribution >= 0.6 is 0 Å². The van der Waals surface area contributed by atoms with Gasteiger partial charge in [-0.25, -0.2) is 4.98 Å². The molecule has 1 amide bonds. The van der Waals surface area contributed by atoms with E-state index in [4.69, 9.17) is 9.47 Å². The highest BCUT2D eigenvalue weighted by Crippen LogP contribution is 2.33. The first kappa shape index (κ1) is 18.8. The van der Waals surface area contributed by atoms with E-state index in [1.807, 2.05) is 12.1 Å². The van der Waals surface area contributed by atoms with Gasteiger partial charge in [-0.15, -0.1) is 0 Å². The molecule has 1 aliphatic heterocycles. The molecule has 0 unspecified atom stereocenters. The summed E-state index contributed by atoms with van der Waals surface area (Å²) in [5.74, 6) is 1.75. The molecule has 2 aromatic carbocycles. The number of anilines is 3. The fraction of sp³-hybridized carbons (Fsp3) is 0.217. The molecule has 29 heavy (non-hydrogen) atoms. The summed E-state index contributed by atoms with van der Waals surface area (Å²) < 4.78 is 10.6. The zero-order valence-corrected chi connectivity index (χ0v) is 16.5. The number of nitrogens with zero attached hydrogens (tertiary/aromatic N) is 2. The summed E-state index contributed by atoms with van der Waals surface area (Å²) in [5, 5.41) is 2.91. The van der Waals surface area contributed by atoms with Crippen molar-refractivity contribution in [3.63, 3.8) is 0 Å². The van der Waals surface area contributed by atoms with Crippen molar-refractivity contribution < 1.29 is 14.3 Å². The van der Waals surface area contributed by atoms with Crippen LogP contribution in [0.5, 0.6) is 11.5 Å². The summed E-state index contributed by atoms with van der Waals surface area (Å²) in [4.78, 5) is 19.6. The molecule has 4 rings (SSSR count). The Bertz CT molecular complexity index is 1040. The molecule has 1 aliphatic rings. The molecule has 0 atom stereocenters. The molecule has 6 heteroatoms. The lowest BCUT2D eigenvalue weighted by Gasteiger charge is -2.30. The molecular formula is C23H23N3O3. The molecule has 3 aromatic rings. The maximum atomic E-state index is 12.9. The first-order valence-corrected chi connectivity index (χ1v) is 9.54. The van der Waals surface area contributed by atoms with E-state index in [0.717, 1.165) is 30.9 Å². The third-order valence-corrected chi connectivity index (χ3v) is 5.05. The second-order valence-corrected chi connectivity index (χ2v) is 6.81. The highest BCUT2D eigenvalue weighted by atomic mass is 16.5. The van der Waals surface area contributed by atoms with Crippen LogP contribution in [0.15, 0.2) is 60.8 Å². The van der Waals surface area contributed by atoms with Gasteiger partial charge in [0.2, 0.25) is 0 Å². The van der Waals surface area contributed by atoms with E-state index in [-0.39, 0.29) is 5.91 Å². The smallest absolute Gasteiger partial charge is 0.255 e. The minimum absolute atomic E-state index is 0.220. The maximum Gasteiger partial charge on any atom is 0.255 e. The van der Waals surface area contributed by atoms with E-state index in [1.54, 1.807) is 44.7 Å². The van der Waals surface area contributed by atoms with E-state index in [9.17, 15) is 4.79 Å². The van der Waals surface area contributed by atoms with Crippen LogP contribution in [0.4, 0.5) is 17.2 Å². The lowest BCUT2D eigenvalue weighted by Crippen LogP contribution is -2.25. The fourth-order valence-electron chi connectivity index (χ4n) is 3.58. The maximum absolute atomic E-state index is 12.9. The predicted octanol–water partition coefficient (Wildman–Crippen LogP) is 4.44. The topological polar surface area (TPSA) is 63.7 Å². The van der Waals surface area contributed by atoms with E-state index in [2.05, 4.69) is 33.4 Å². The Labute approximate surface area is 170 Å². The van der Waals surface area contributed by atoms with Gasteiger partial charge in [-0.05, 0) is 48.7 Å². The summed E-state index contributed by atoms with van der Waals surface area (Å²) in [6.07, 6.45) is 3.79. The van der Waals surface area contributed by atoms with Gasteiger partial charge in [-0.2, -0.15) is 0 Å². The van der Waals surface area contributed by atoms with Crippen LogP contribution in [0.2, 0.25) is 0 Å². The molecule has 0 spiro atoms. The van der Waals surface area contributed by atoms with Gasteiger partial charge in [-0.3, -0.25) is 4.79 Å². The minimum Gasteiger partial charge on any atom is -0.497 e. The Morgan fingerprint density at radius 2 is 1.93 bits per heavy atom. The number of carbonyl (C=O) groups is 1. The van der Waals surface area contributed by atoms with Crippen molar-refractivity contribution in [1.82, 2.24) is 4.98 Å². The van der Waals surface area contributed by atoms with Crippen LogP contribution in [-0.2, 0) is 6.42 Å². The number of fused-ring (bicyclic) bond motifs is 1. The van der Waals surface area contributed by atoms with Gasteiger partial charge in [0.05, 0.1) is 19.9 Å². The molecular weight excluding hydrogens is 366 g/mol. The number of para-hydroxylation sites is 1. The zero-order valence-electron chi connectivity index (χ0n) is 16.5. The van der Waals surface area contributed by atoms with Crippen molar-refractivity contribution in [2.24, 2.45) is 0 Å². The van der Waals surface area contributed by atoms with Crippen LogP contribution in [-0.4, -0.2) is 31.7 Å². The van der Waals surface area contributed by atoms with Crippen molar-refractivity contribution in [3.8, 4) is 11.5 Å². The average Bonchev–Trinajstić information content (AvgIpc) is 2.79. The normalized spacial score (nSPS) is 12.8. The number of hydrogen-bond acceptors (Lipinski definition) is 5. The summed E-state index contributed by atoms with van der Waals surface area (Å²) in [6.45, 7) is 0.876. The van der Waals surface area contributed by atoms with Crippen LogP contribution in [0, 0.1) is 0 Å². The number of hydrogen-bond donors (Lipinski definition) is 1. The van der Waals surface area contributed by atoms with Crippen LogP contribution in [0.25, 0.3) is 0 Å². The monoisotopic (exact) mass is 389 g/mol. The molecule has 148 valence electrons. The molecule has 1 N–H and O–H groups in total. The number of pyridine rings is 1. The van der Waals surface area contributed by atoms with Crippen molar-refractivity contribution in [2.75, 3.05) is 31.0 Å². The number of carbonyl (C=O) groups excluding carboxylic acids is 1. The third-order valence-electron chi connectivity index (χ3n) is 5.05. The number of rotatable bonds is 5. The van der Waals surface area contributed by atoms with Crippen LogP contribution < -0.4 is 19.7 Å². The SMILES string of the molecule is COc1ccc(NC(=O)c2ccnc(N3CCCc4ccccc43)c2)c(OC)c1. The highest BCUT2D eigenvalue weighted by Gasteiger charge is 2.20. The molecule has 0 aliphatic carbocycles. The summed E-state index contributed by atoms with van der Waals surface area (Å²) in [6, 6.07) is 17.2. The van der Waals surface area contributed by atoms with Crippen molar-refractivity contribution in [2.45, 2.75) is 12.8 Å². The average molecular weight is 389 g/mol. The predicted molar refractivity (Wildman–Crippen MR) is 114 cm³/mol. The Balaban J connectivity index is 1.59. The Kier molecular flexibility index (Phi) is 5.33. The number of aromatic nitrogens is 1. The second-order valence-electron chi connectivity index (χ2n) is 6.81. The lowest BCUT2D eigenvalue weighted by atomic mass is 10.0. The molecule has 0 saturated heterocycles. The number of amides is 1. The number of aryl methyl sites for hydroxylation is 1. The number of nitrogens with one attached hydrogen (secondary N) is 1. The lowest BCUT2D eigenvalue weighted by molar-refractivity contribution is 0.102. The first-order chi connectivity index (χ1) is 14.2. The molecule has 0 radical (unpaired) electrons. The molecule has 0 fully saturated rings. The van der Waals surface area contributed by atoms with E-state index in [1.165, 1.54) is 5.56 Å². The van der Waals surface area contributed by atoms with E-state index >= 15 is 0 Å². The largest absolute Gasteiger partial charge is 0.497 e. The molecule has 1 aromatic heterocycles. The highest BCUT2D eigenvalue weighted by molar-refractivity contribution is 6.05. The van der Waals surface area contributed by atoms with E-state index in [0.29, 0.717) is 22.7 Å². The van der Waals surface area contributed by atoms with Crippen molar-refractivity contribution in [1.29, 1.82) is 0 Å². The molecule has 0 bridgehead atoms. The molecule has 6 nitrogen and oxygen atoms in total. The summed E-state index contributed by atoms with van der Waals surface area (Å²) in [7, 11) is 3.15. The van der Waals surface area contributed by atoms with Gasteiger partial charge in [0.25, 0.3) is 5.91 Å². The number of benzene rings is 2. The molecule has 2 heterocycles. The van der Waals surface area contributed by atoms with Crippen LogP contribution in [0.3, 0.4) is 0 Å². The Morgan fingerprint density at radius 1 is 1.07 bits per heavy atom. The summed E-state index contributed by atoms with van der Waals surface area (Å²) >= 11 is 0. The number of ether oxygens (including phenoxy) is 2. The summed E-state index contributed by atoms with van der Waals surface area (Å²) in [5.41, 5.74) is 3.58. The fourth-order valence-corrected chi connectivity index (χ4v) is 3.58. The van der Waals surface area contributed by atoms with Gasteiger partial charge in [0.15, 0.2) is 0 Å². The first-order valence-electron chi connectivity index (χ1n) is 9.54. The quantitative estimate of drug-likeness (QED) is 0.699. The Morgan fingerprint density at radius 3 is 2.76 bits per heavy atom. The van der Waals surface area contributed by atoms with E-state index < -0.39 is 0 Å². The van der Waals surface area contributed by atoms with Gasteiger partial charge in [0.1, 0.15) is 17.3 Å². The Hall–Kier alpha value is -3.54. The minimum atomic E-state index is -0.220. The van der Waals surface area contributed by atoms with Crippen LogP contribution in [0.1, 0.15) is 22.3 Å². The van der Waals surface area contributed by atoms with Gasteiger partial charge in [0, 0.05) is 30.1 Å². The van der Waals surface area contributed by atoms with Crippen molar-refractivity contribution in [3.05, 3.63) is 71.9 Å². The second kappa shape index (κ2) is 8.22. The standard InChI is InChI=1S/C23H23N3O3/c1-28-18-9-10-19(21(15-18)29-2)25-23(27)17-11-12-24-22(14-17)26-13-5-7-16-6-3-4-8-20(16)26/h3-4,6,8-12,14-15H,5,7,13H2,1-2H3,(H,25,27). The van der Waals surface area contributed by atoms with Gasteiger partial charge >= 0.3 is 0 Å². The zero-order chi connectivity index (χ0) is 20.2. The van der Waals surface area contributed by atoms with Gasteiger partial charge < -0.3 is 19.7 Å².